The number of alkyl halides is 3. The van der Waals surface area contributed by atoms with E-state index in [9.17, 15) is 13.2 Å². The lowest BCUT2D eigenvalue weighted by molar-refractivity contribution is -0.0231. The van der Waals surface area contributed by atoms with Gasteiger partial charge in [-0.1, -0.05) is 5.92 Å². The van der Waals surface area contributed by atoms with Gasteiger partial charge in [-0.05, 0) is 25.2 Å². The van der Waals surface area contributed by atoms with Gasteiger partial charge in [0.15, 0.2) is 6.17 Å². The van der Waals surface area contributed by atoms with Crippen molar-refractivity contribution in [3.05, 3.63) is 0 Å². The van der Waals surface area contributed by atoms with E-state index in [1.165, 1.54) is 0 Å². The fourth-order valence-corrected chi connectivity index (χ4v) is 0.977. The van der Waals surface area contributed by atoms with Crippen LogP contribution in [-0.4, -0.2) is 12.1 Å². The molecule has 0 spiro atoms. The second-order valence-corrected chi connectivity index (χ2v) is 2.64. The Bertz CT molecular complexity index is 187. The lowest BCUT2D eigenvalue weighted by Gasteiger charge is -2.15. The summed E-state index contributed by atoms with van der Waals surface area (Å²) in [6.07, 6.45) is -0.450. The van der Waals surface area contributed by atoms with Crippen LogP contribution in [0.4, 0.5) is 13.2 Å². The highest BCUT2D eigenvalue weighted by atomic mass is 19.3. The normalized spacial score (nSPS) is 29.5. The highest BCUT2D eigenvalue weighted by molar-refractivity contribution is 5.12. The van der Waals surface area contributed by atoms with Crippen LogP contribution in [0.25, 0.3) is 0 Å². The lowest BCUT2D eigenvalue weighted by atomic mass is 10.0. The van der Waals surface area contributed by atoms with E-state index in [4.69, 9.17) is 0 Å². The second kappa shape index (κ2) is 3.17. The Morgan fingerprint density at radius 2 is 2.00 bits per heavy atom. The van der Waals surface area contributed by atoms with Crippen molar-refractivity contribution in [2.24, 2.45) is 0 Å². The minimum atomic E-state index is -3.42. The topological polar surface area (TPSA) is 0 Å². The van der Waals surface area contributed by atoms with Gasteiger partial charge in [-0.2, -0.15) is 8.78 Å². The summed E-state index contributed by atoms with van der Waals surface area (Å²) >= 11 is 0. The summed E-state index contributed by atoms with van der Waals surface area (Å²) in [5.74, 6) is 0.504. The van der Waals surface area contributed by atoms with E-state index in [0.717, 1.165) is 6.42 Å². The molecule has 3 heteroatoms. The van der Waals surface area contributed by atoms with Crippen molar-refractivity contribution in [3.8, 4) is 11.8 Å². The van der Waals surface area contributed by atoms with Gasteiger partial charge in [0.1, 0.15) is 0 Å². The molecule has 0 nitrogen and oxygen atoms in total. The average molecular weight is 162 g/mol. The standard InChI is InChI=1S/C8H9F3/c9-7-5-3-1-2-4-6-8(7,10)11/h7H,1-3,5H2. The predicted octanol–water partition coefficient (Wildman–Crippen LogP) is 2.54. The minimum Gasteiger partial charge on any atom is -0.240 e. The zero-order chi connectivity index (χ0) is 8.32. The van der Waals surface area contributed by atoms with E-state index in [2.05, 4.69) is 5.92 Å². The van der Waals surface area contributed by atoms with E-state index in [0.29, 0.717) is 12.8 Å². The number of halogens is 3. The molecule has 0 amide bonds. The number of hydrogen-bond acceptors (Lipinski definition) is 0. The van der Waals surface area contributed by atoms with Gasteiger partial charge in [0.2, 0.25) is 0 Å². The molecule has 0 heterocycles. The molecule has 0 aliphatic heterocycles. The van der Waals surface area contributed by atoms with Gasteiger partial charge in [0, 0.05) is 6.42 Å². The molecule has 11 heavy (non-hydrogen) atoms. The average Bonchev–Trinajstić information content (AvgIpc) is 1.93. The van der Waals surface area contributed by atoms with Crippen LogP contribution in [0, 0.1) is 11.8 Å². The number of rotatable bonds is 0. The van der Waals surface area contributed by atoms with Crippen LogP contribution < -0.4 is 0 Å². The van der Waals surface area contributed by atoms with E-state index in [-0.39, 0.29) is 6.42 Å². The molecule has 0 saturated carbocycles. The van der Waals surface area contributed by atoms with Crippen molar-refractivity contribution < 1.29 is 13.2 Å². The lowest BCUT2D eigenvalue weighted by Crippen LogP contribution is -2.28. The molecule has 0 radical (unpaired) electrons. The van der Waals surface area contributed by atoms with Crippen molar-refractivity contribution in [2.45, 2.75) is 37.8 Å². The van der Waals surface area contributed by atoms with Crippen LogP contribution in [0.2, 0.25) is 0 Å². The molecule has 1 aliphatic rings. The molecule has 1 atom stereocenters. The molecule has 1 aliphatic carbocycles. The van der Waals surface area contributed by atoms with Crippen molar-refractivity contribution in [2.75, 3.05) is 0 Å². The smallest absolute Gasteiger partial charge is 0.240 e. The van der Waals surface area contributed by atoms with Crippen LogP contribution in [0.5, 0.6) is 0 Å². The third-order valence-corrected chi connectivity index (χ3v) is 1.66. The summed E-state index contributed by atoms with van der Waals surface area (Å²) in [5.41, 5.74) is 0. The zero-order valence-electron chi connectivity index (χ0n) is 6.04. The Morgan fingerprint density at radius 1 is 1.27 bits per heavy atom. The summed E-state index contributed by atoms with van der Waals surface area (Å²) in [7, 11) is 0. The van der Waals surface area contributed by atoms with Gasteiger partial charge in [-0.15, -0.1) is 0 Å². The fraction of sp³-hybridized carbons (Fsp3) is 0.750. The van der Waals surface area contributed by atoms with E-state index < -0.39 is 12.1 Å². The first-order valence-corrected chi connectivity index (χ1v) is 3.65. The largest absolute Gasteiger partial charge is 0.338 e. The Morgan fingerprint density at radius 3 is 2.73 bits per heavy atom. The third-order valence-electron chi connectivity index (χ3n) is 1.66. The molecule has 0 bridgehead atoms. The monoisotopic (exact) mass is 162 g/mol. The first kappa shape index (κ1) is 8.45. The van der Waals surface area contributed by atoms with Crippen molar-refractivity contribution >= 4 is 0 Å². The summed E-state index contributed by atoms with van der Waals surface area (Å²) in [4.78, 5) is 0. The molecule has 62 valence electrons. The second-order valence-electron chi connectivity index (χ2n) is 2.64. The Kier molecular flexibility index (Phi) is 2.43. The molecule has 0 fully saturated rings. The van der Waals surface area contributed by atoms with Gasteiger partial charge in [0.25, 0.3) is 0 Å². The van der Waals surface area contributed by atoms with Crippen LogP contribution in [0.3, 0.4) is 0 Å². The first-order chi connectivity index (χ1) is 5.13. The van der Waals surface area contributed by atoms with Crippen molar-refractivity contribution in [1.82, 2.24) is 0 Å². The zero-order valence-corrected chi connectivity index (χ0v) is 6.04. The van der Waals surface area contributed by atoms with Crippen LogP contribution in [-0.2, 0) is 0 Å². The predicted molar refractivity (Wildman–Crippen MR) is 36.1 cm³/mol. The van der Waals surface area contributed by atoms with Crippen LogP contribution >= 0.6 is 0 Å². The first-order valence-electron chi connectivity index (χ1n) is 3.65. The minimum absolute atomic E-state index is 0.0678. The third kappa shape index (κ3) is 2.14. The molecule has 0 aromatic heterocycles. The van der Waals surface area contributed by atoms with Crippen LogP contribution in [0.15, 0.2) is 0 Å². The SMILES string of the molecule is FC1CCCCC#CC1(F)F. The fourth-order valence-electron chi connectivity index (χ4n) is 0.977. The molecule has 0 saturated heterocycles. The summed E-state index contributed by atoms with van der Waals surface area (Å²) in [6, 6.07) is 0. The van der Waals surface area contributed by atoms with Gasteiger partial charge in [-0.3, -0.25) is 0 Å². The van der Waals surface area contributed by atoms with E-state index in [1.807, 2.05) is 0 Å². The highest BCUT2D eigenvalue weighted by Crippen LogP contribution is 2.26. The number of hydrogen-bond donors (Lipinski definition) is 0. The van der Waals surface area contributed by atoms with Gasteiger partial charge < -0.3 is 0 Å². The van der Waals surface area contributed by atoms with Crippen molar-refractivity contribution in [3.63, 3.8) is 0 Å². The van der Waals surface area contributed by atoms with E-state index >= 15 is 0 Å². The summed E-state index contributed by atoms with van der Waals surface area (Å²) < 4.78 is 37.5. The maximum atomic E-state index is 12.5. The maximum absolute atomic E-state index is 12.5. The summed E-state index contributed by atoms with van der Waals surface area (Å²) in [5, 5.41) is 0. The van der Waals surface area contributed by atoms with Gasteiger partial charge >= 0.3 is 5.92 Å². The van der Waals surface area contributed by atoms with Gasteiger partial charge in [-0.25, -0.2) is 4.39 Å². The Labute approximate surface area is 63.8 Å². The quantitative estimate of drug-likeness (QED) is 0.480. The van der Waals surface area contributed by atoms with E-state index in [1.54, 1.807) is 5.92 Å². The Hall–Kier alpha value is -0.650. The highest BCUT2D eigenvalue weighted by Gasteiger charge is 2.37. The molecule has 0 N–H and O–H groups in total. The van der Waals surface area contributed by atoms with Gasteiger partial charge in [0.05, 0.1) is 0 Å². The van der Waals surface area contributed by atoms with Crippen molar-refractivity contribution in [1.29, 1.82) is 0 Å². The summed E-state index contributed by atoms with van der Waals surface area (Å²) in [6.45, 7) is 0. The molecule has 1 unspecified atom stereocenters. The molecule has 1 rings (SSSR count). The molecular weight excluding hydrogens is 153 g/mol. The molecular formula is C8H9F3. The molecule has 0 aromatic rings. The van der Waals surface area contributed by atoms with Crippen LogP contribution in [0.1, 0.15) is 25.7 Å². The Balaban J connectivity index is 2.71. The maximum Gasteiger partial charge on any atom is 0.338 e. The molecule has 0 aromatic carbocycles.